The summed E-state index contributed by atoms with van der Waals surface area (Å²) in [6.07, 6.45) is 4.42. The van der Waals surface area contributed by atoms with Crippen molar-refractivity contribution in [3.63, 3.8) is 0 Å². The molecule has 44 heavy (non-hydrogen) atoms. The number of nitrogens with one attached hydrogen (secondary N) is 2. The number of allylic oxidation sites excluding steroid dienone is 3. The lowest BCUT2D eigenvalue weighted by Crippen LogP contribution is -2.28. The molecule has 12 heteroatoms. The van der Waals surface area contributed by atoms with E-state index < -0.39 is 16.1 Å². The third-order valence-electron chi connectivity index (χ3n) is 6.29. The lowest BCUT2D eigenvalue weighted by atomic mass is 10.1. The van der Waals surface area contributed by atoms with Crippen molar-refractivity contribution >= 4 is 55.5 Å². The summed E-state index contributed by atoms with van der Waals surface area (Å²) in [5.41, 5.74) is 3.56. The number of benzene rings is 1. The fraction of sp³-hybridized carbons (Fsp3) is 0.562. The molecule has 0 bridgehead atoms. The Bertz CT molecular complexity index is 1330. The number of hydrogen-bond acceptors (Lipinski definition) is 9. The Morgan fingerprint density at radius 3 is 2.30 bits per heavy atom. The van der Waals surface area contributed by atoms with E-state index in [0.29, 0.717) is 28.4 Å². The highest BCUT2D eigenvalue weighted by Crippen LogP contribution is 2.42. The minimum atomic E-state index is -3.51. The van der Waals surface area contributed by atoms with Crippen molar-refractivity contribution in [2.24, 2.45) is 5.92 Å². The standard InChI is InChI=1S/C24H33ClN4O4S2.C8H18O/c1-6-12-35(32,33)29-20-9-7-8-19(22(20)25)16(4)23(34-17(5)15(2)3)21-10-11-26-24(28-21)27-18(13-30)14-31;1-4-6-9-7-5-8(2)3/h7-11,18,29-31H,6,12-14H2,1-5H3,(H,26,27,28);8H,4-7H2,1-3H3/b23-16+;. The maximum atomic E-state index is 12.3. The molecule has 0 aliphatic heterocycles. The first-order chi connectivity index (χ1) is 20.8. The molecular formula is C32H51ClN4O5S2. The second kappa shape index (κ2) is 20.8. The van der Waals surface area contributed by atoms with Crippen molar-refractivity contribution in [3.8, 4) is 0 Å². The molecule has 1 aromatic heterocycles. The first-order valence-electron chi connectivity index (χ1n) is 15.0. The molecular weight excluding hydrogens is 620 g/mol. The second-order valence-electron chi connectivity index (χ2n) is 11.0. The third-order valence-corrected chi connectivity index (χ3v) is 9.61. The summed E-state index contributed by atoms with van der Waals surface area (Å²) in [7, 11) is -3.51. The predicted octanol–water partition coefficient (Wildman–Crippen LogP) is 7.44. The summed E-state index contributed by atoms with van der Waals surface area (Å²) >= 11 is 8.22. The number of rotatable bonds is 17. The Morgan fingerprint density at radius 2 is 1.73 bits per heavy atom. The van der Waals surface area contributed by atoms with Crippen LogP contribution < -0.4 is 10.0 Å². The van der Waals surface area contributed by atoms with Crippen molar-refractivity contribution in [3.05, 3.63) is 57.2 Å². The lowest BCUT2D eigenvalue weighted by Gasteiger charge is -2.18. The van der Waals surface area contributed by atoms with Crippen LogP contribution in [0.15, 0.2) is 40.9 Å². The van der Waals surface area contributed by atoms with Crippen LogP contribution in [-0.2, 0) is 14.8 Å². The van der Waals surface area contributed by atoms with E-state index in [9.17, 15) is 18.6 Å². The molecule has 0 aliphatic rings. The van der Waals surface area contributed by atoms with Gasteiger partial charge < -0.3 is 20.3 Å². The number of aromatic nitrogens is 2. The molecule has 0 saturated heterocycles. The van der Waals surface area contributed by atoms with Gasteiger partial charge in [-0.1, -0.05) is 68.8 Å². The smallest absolute Gasteiger partial charge is 0.232 e. The van der Waals surface area contributed by atoms with Gasteiger partial charge in [0, 0.05) is 24.3 Å². The average molecular weight is 671 g/mol. The summed E-state index contributed by atoms with van der Waals surface area (Å²) in [6.45, 7) is 17.6. The van der Waals surface area contributed by atoms with Gasteiger partial charge in [-0.2, -0.15) is 0 Å². The van der Waals surface area contributed by atoms with Gasteiger partial charge >= 0.3 is 0 Å². The van der Waals surface area contributed by atoms with E-state index in [4.69, 9.17) is 16.3 Å². The van der Waals surface area contributed by atoms with E-state index in [-0.39, 0.29) is 24.9 Å². The predicted molar refractivity (Wildman–Crippen MR) is 187 cm³/mol. The molecule has 4 N–H and O–H groups in total. The number of sulfonamides is 1. The van der Waals surface area contributed by atoms with Gasteiger partial charge in [0.15, 0.2) is 0 Å². The Labute approximate surface area is 274 Å². The molecule has 2 rings (SSSR count). The average Bonchev–Trinajstić information content (AvgIpc) is 2.97. The summed E-state index contributed by atoms with van der Waals surface area (Å²) < 4.78 is 32.5. The fourth-order valence-corrected chi connectivity index (χ4v) is 6.05. The lowest BCUT2D eigenvalue weighted by molar-refractivity contribution is 0.124. The number of ether oxygens (including phenoxy) is 1. The normalized spacial score (nSPS) is 12.0. The van der Waals surface area contributed by atoms with Gasteiger partial charge in [-0.25, -0.2) is 18.4 Å². The zero-order valence-electron chi connectivity index (χ0n) is 27.4. The van der Waals surface area contributed by atoms with Crippen LogP contribution in [0, 0.1) is 5.92 Å². The third kappa shape index (κ3) is 14.3. The number of thioether (sulfide) groups is 1. The van der Waals surface area contributed by atoms with Gasteiger partial charge in [0.1, 0.15) is 0 Å². The van der Waals surface area contributed by atoms with Crippen molar-refractivity contribution < 1.29 is 23.4 Å². The van der Waals surface area contributed by atoms with E-state index in [0.717, 1.165) is 46.5 Å². The van der Waals surface area contributed by atoms with Crippen LogP contribution >= 0.6 is 23.4 Å². The van der Waals surface area contributed by atoms with Crippen LogP contribution in [0.2, 0.25) is 5.02 Å². The van der Waals surface area contributed by atoms with Crippen molar-refractivity contribution in [2.75, 3.05) is 42.2 Å². The molecule has 0 amide bonds. The molecule has 0 unspecified atom stereocenters. The summed E-state index contributed by atoms with van der Waals surface area (Å²) in [5, 5.41) is 22.0. The molecule has 0 atom stereocenters. The molecule has 0 radical (unpaired) electrons. The molecule has 1 heterocycles. The van der Waals surface area contributed by atoms with Crippen molar-refractivity contribution in [2.45, 2.75) is 80.7 Å². The molecule has 0 spiro atoms. The highest BCUT2D eigenvalue weighted by atomic mass is 35.5. The number of halogens is 1. The van der Waals surface area contributed by atoms with Gasteiger partial charge in [0.25, 0.3) is 0 Å². The van der Waals surface area contributed by atoms with E-state index in [2.05, 4.69) is 40.8 Å². The van der Waals surface area contributed by atoms with E-state index in [1.165, 1.54) is 18.2 Å². The van der Waals surface area contributed by atoms with Gasteiger partial charge in [-0.3, -0.25) is 4.72 Å². The first kappa shape index (κ1) is 39.9. The number of aliphatic hydroxyl groups is 2. The number of aliphatic hydroxyl groups excluding tert-OH is 2. The highest BCUT2D eigenvalue weighted by Gasteiger charge is 2.19. The number of nitrogens with zero attached hydrogens (tertiary/aromatic N) is 2. The summed E-state index contributed by atoms with van der Waals surface area (Å²) in [6, 6.07) is 6.40. The zero-order valence-corrected chi connectivity index (χ0v) is 29.8. The number of anilines is 2. The number of hydrogen-bond donors (Lipinski definition) is 4. The maximum Gasteiger partial charge on any atom is 0.232 e. The van der Waals surface area contributed by atoms with Gasteiger partial charge in [0.05, 0.1) is 41.4 Å². The van der Waals surface area contributed by atoms with E-state index in [1.54, 1.807) is 31.3 Å². The summed E-state index contributed by atoms with van der Waals surface area (Å²) in [4.78, 5) is 10.7. The van der Waals surface area contributed by atoms with E-state index >= 15 is 0 Å². The minimum absolute atomic E-state index is 0.00261. The molecule has 9 nitrogen and oxygen atoms in total. The minimum Gasteiger partial charge on any atom is -0.394 e. The van der Waals surface area contributed by atoms with Crippen LogP contribution in [-0.4, -0.2) is 66.8 Å². The first-order valence-corrected chi connectivity index (χ1v) is 17.9. The monoisotopic (exact) mass is 670 g/mol. The molecule has 1 aromatic carbocycles. The Kier molecular flexibility index (Phi) is 18.8. The van der Waals surface area contributed by atoms with Crippen LogP contribution in [0.4, 0.5) is 11.6 Å². The second-order valence-corrected chi connectivity index (χ2v) is 14.4. The summed E-state index contributed by atoms with van der Waals surface area (Å²) in [5.74, 6) is 1.05. The molecule has 0 fully saturated rings. The van der Waals surface area contributed by atoms with Gasteiger partial charge in [0.2, 0.25) is 16.0 Å². The van der Waals surface area contributed by atoms with Crippen LogP contribution in [0.5, 0.6) is 0 Å². The topological polar surface area (TPSA) is 134 Å². The van der Waals surface area contributed by atoms with Crippen LogP contribution in [0.25, 0.3) is 10.5 Å². The molecule has 2 aromatic rings. The van der Waals surface area contributed by atoms with Crippen molar-refractivity contribution in [1.29, 1.82) is 0 Å². The Morgan fingerprint density at radius 1 is 1.05 bits per heavy atom. The quantitative estimate of drug-likeness (QED) is 0.127. The van der Waals surface area contributed by atoms with Gasteiger partial charge in [-0.15, -0.1) is 0 Å². The Balaban J connectivity index is 0.000000930. The van der Waals surface area contributed by atoms with Gasteiger partial charge in [-0.05, 0) is 81.0 Å². The maximum absolute atomic E-state index is 12.3. The fourth-order valence-electron chi connectivity index (χ4n) is 3.54. The largest absolute Gasteiger partial charge is 0.394 e. The molecule has 248 valence electrons. The van der Waals surface area contributed by atoms with Crippen LogP contribution in [0.3, 0.4) is 0 Å². The van der Waals surface area contributed by atoms with E-state index in [1.807, 2.05) is 33.8 Å². The van der Waals surface area contributed by atoms with Crippen molar-refractivity contribution in [1.82, 2.24) is 9.97 Å². The van der Waals surface area contributed by atoms with Crippen LogP contribution in [0.1, 0.15) is 85.9 Å². The Hall–Kier alpha value is -2.15. The zero-order chi connectivity index (χ0) is 33.3. The SMILES string of the molecule is CCCOCCC(C)C.CCCS(=O)(=O)Nc1cccc(/C(C)=C(/SC(C)=C(C)C)c2ccnc(NC(CO)CO)n2)c1Cl. The molecule has 0 saturated carbocycles. The molecule has 0 aliphatic carbocycles. The highest BCUT2D eigenvalue weighted by molar-refractivity contribution is 8.12.